The van der Waals surface area contributed by atoms with Crippen molar-refractivity contribution in [2.24, 2.45) is 0 Å². The van der Waals surface area contributed by atoms with Crippen LogP contribution in [0.15, 0.2) is 28.7 Å². The van der Waals surface area contributed by atoms with Gasteiger partial charge in [0.05, 0.1) is 5.69 Å². The molecular weight excluding hydrogens is 247 g/mol. The average Bonchev–Trinajstić information content (AvgIpc) is 2.71. The zero-order valence-corrected chi connectivity index (χ0v) is 11.0. The Bertz CT molecular complexity index is 605. The molecule has 0 radical (unpaired) electrons. The standard InChI is InChI=1S/C14H15FN2O2/c1-8(2)12-13(19-9(3)16-12)14(18)17-11-6-4-5-10(15)7-11/h4-8H,1-3H3,(H,17,18). The molecule has 0 aliphatic carbocycles. The second-order valence-corrected chi connectivity index (χ2v) is 4.57. The van der Waals surface area contributed by atoms with Crippen molar-refractivity contribution in [1.29, 1.82) is 0 Å². The van der Waals surface area contributed by atoms with E-state index < -0.39 is 11.7 Å². The minimum Gasteiger partial charge on any atom is -0.436 e. The summed E-state index contributed by atoms with van der Waals surface area (Å²) in [5.41, 5.74) is 0.986. The highest BCUT2D eigenvalue weighted by atomic mass is 19.1. The van der Waals surface area contributed by atoms with Gasteiger partial charge < -0.3 is 9.73 Å². The van der Waals surface area contributed by atoms with Crippen molar-refractivity contribution in [3.05, 3.63) is 47.4 Å². The Labute approximate surface area is 110 Å². The number of rotatable bonds is 3. The van der Waals surface area contributed by atoms with Gasteiger partial charge in [-0.3, -0.25) is 4.79 Å². The number of amides is 1. The number of nitrogens with zero attached hydrogens (tertiary/aromatic N) is 1. The van der Waals surface area contributed by atoms with Gasteiger partial charge in [0.1, 0.15) is 5.82 Å². The highest BCUT2D eigenvalue weighted by Crippen LogP contribution is 2.21. The maximum absolute atomic E-state index is 13.0. The Balaban J connectivity index is 2.25. The van der Waals surface area contributed by atoms with Crippen LogP contribution in [0.2, 0.25) is 0 Å². The number of carbonyl (C=O) groups excluding carboxylic acids is 1. The van der Waals surface area contributed by atoms with E-state index in [-0.39, 0.29) is 11.7 Å². The molecule has 1 heterocycles. The molecule has 0 saturated carbocycles. The van der Waals surface area contributed by atoms with Crippen molar-refractivity contribution in [3.8, 4) is 0 Å². The Morgan fingerprint density at radius 2 is 2.16 bits per heavy atom. The monoisotopic (exact) mass is 262 g/mol. The largest absolute Gasteiger partial charge is 0.436 e. The number of benzene rings is 1. The summed E-state index contributed by atoms with van der Waals surface area (Å²) in [7, 11) is 0. The first-order chi connectivity index (χ1) is 8.97. The second kappa shape index (κ2) is 5.22. The molecule has 0 spiro atoms. The number of carbonyl (C=O) groups is 1. The number of aromatic nitrogens is 1. The molecule has 0 unspecified atom stereocenters. The molecule has 100 valence electrons. The lowest BCUT2D eigenvalue weighted by atomic mass is 10.1. The number of aryl methyl sites for hydroxylation is 1. The van der Waals surface area contributed by atoms with Crippen LogP contribution < -0.4 is 5.32 Å². The highest BCUT2D eigenvalue weighted by molar-refractivity contribution is 6.03. The van der Waals surface area contributed by atoms with Gasteiger partial charge in [0, 0.05) is 12.6 Å². The second-order valence-electron chi connectivity index (χ2n) is 4.57. The molecule has 0 aliphatic rings. The summed E-state index contributed by atoms with van der Waals surface area (Å²) < 4.78 is 18.4. The van der Waals surface area contributed by atoms with Gasteiger partial charge in [0.15, 0.2) is 5.89 Å². The first-order valence-electron chi connectivity index (χ1n) is 6.01. The number of anilines is 1. The van der Waals surface area contributed by atoms with Crippen LogP contribution in [0.5, 0.6) is 0 Å². The summed E-state index contributed by atoms with van der Waals surface area (Å²) in [6.45, 7) is 5.54. The highest BCUT2D eigenvalue weighted by Gasteiger charge is 2.21. The lowest BCUT2D eigenvalue weighted by Crippen LogP contribution is -2.13. The number of nitrogens with one attached hydrogen (secondary N) is 1. The van der Waals surface area contributed by atoms with E-state index in [9.17, 15) is 9.18 Å². The van der Waals surface area contributed by atoms with E-state index in [1.54, 1.807) is 13.0 Å². The third-order valence-corrected chi connectivity index (χ3v) is 2.60. The lowest BCUT2D eigenvalue weighted by Gasteiger charge is -2.05. The smallest absolute Gasteiger partial charge is 0.293 e. The Kier molecular flexibility index (Phi) is 3.64. The van der Waals surface area contributed by atoms with E-state index in [1.807, 2.05) is 13.8 Å². The van der Waals surface area contributed by atoms with Crippen molar-refractivity contribution in [1.82, 2.24) is 4.98 Å². The van der Waals surface area contributed by atoms with E-state index in [4.69, 9.17) is 4.42 Å². The van der Waals surface area contributed by atoms with Gasteiger partial charge in [0.2, 0.25) is 5.76 Å². The summed E-state index contributed by atoms with van der Waals surface area (Å²) in [6.07, 6.45) is 0. The van der Waals surface area contributed by atoms with Crippen LogP contribution in [0.3, 0.4) is 0 Å². The SMILES string of the molecule is Cc1nc(C(C)C)c(C(=O)Nc2cccc(F)c2)o1. The normalized spacial score (nSPS) is 10.8. The predicted molar refractivity (Wildman–Crippen MR) is 69.7 cm³/mol. The van der Waals surface area contributed by atoms with E-state index in [2.05, 4.69) is 10.3 Å². The molecule has 0 aliphatic heterocycles. The van der Waals surface area contributed by atoms with Gasteiger partial charge in [-0.2, -0.15) is 0 Å². The molecule has 1 N–H and O–H groups in total. The minimum atomic E-state index is -0.421. The maximum Gasteiger partial charge on any atom is 0.293 e. The Morgan fingerprint density at radius 3 is 2.79 bits per heavy atom. The summed E-state index contributed by atoms with van der Waals surface area (Å²) in [6, 6.07) is 5.70. The van der Waals surface area contributed by atoms with Gasteiger partial charge in [-0.1, -0.05) is 19.9 Å². The summed E-state index contributed by atoms with van der Waals surface area (Å²) in [4.78, 5) is 16.3. The van der Waals surface area contributed by atoms with Gasteiger partial charge in [0.25, 0.3) is 5.91 Å². The molecule has 1 amide bonds. The van der Waals surface area contributed by atoms with Gasteiger partial charge >= 0.3 is 0 Å². The molecule has 0 bridgehead atoms. The van der Waals surface area contributed by atoms with Crippen LogP contribution in [0.4, 0.5) is 10.1 Å². The number of oxazole rings is 1. The lowest BCUT2D eigenvalue weighted by molar-refractivity contribution is 0.0993. The number of hydrogen-bond acceptors (Lipinski definition) is 3. The molecule has 1 aromatic carbocycles. The third kappa shape index (κ3) is 2.99. The van der Waals surface area contributed by atoms with Crippen LogP contribution in [0.1, 0.15) is 41.9 Å². The van der Waals surface area contributed by atoms with E-state index in [0.29, 0.717) is 17.3 Å². The van der Waals surface area contributed by atoms with Crippen LogP contribution in [0, 0.1) is 12.7 Å². The van der Waals surface area contributed by atoms with Crippen LogP contribution in [0.25, 0.3) is 0 Å². The topological polar surface area (TPSA) is 55.1 Å². The third-order valence-electron chi connectivity index (χ3n) is 2.60. The van der Waals surface area contributed by atoms with Crippen LogP contribution in [-0.2, 0) is 0 Å². The molecule has 0 saturated heterocycles. The van der Waals surface area contributed by atoms with Gasteiger partial charge in [-0.15, -0.1) is 0 Å². The van der Waals surface area contributed by atoms with Gasteiger partial charge in [-0.05, 0) is 24.1 Å². The molecule has 2 rings (SSSR count). The quantitative estimate of drug-likeness (QED) is 0.921. The van der Waals surface area contributed by atoms with E-state index in [1.165, 1.54) is 18.2 Å². The minimum absolute atomic E-state index is 0.0747. The van der Waals surface area contributed by atoms with Crippen molar-refractivity contribution in [2.75, 3.05) is 5.32 Å². The Morgan fingerprint density at radius 1 is 1.42 bits per heavy atom. The molecular formula is C14H15FN2O2. The van der Waals surface area contributed by atoms with Crippen molar-refractivity contribution >= 4 is 11.6 Å². The fourth-order valence-electron chi connectivity index (χ4n) is 1.75. The first-order valence-corrected chi connectivity index (χ1v) is 6.01. The summed E-state index contributed by atoms with van der Waals surface area (Å²) in [5, 5.41) is 2.59. The van der Waals surface area contributed by atoms with Crippen LogP contribution in [-0.4, -0.2) is 10.9 Å². The molecule has 1 aromatic heterocycles. The predicted octanol–water partition coefficient (Wildman–Crippen LogP) is 3.50. The maximum atomic E-state index is 13.0. The first kappa shape index (κ1) is 13.3. The zero-order valence-electron chi connectivity index (χ0n) is 11.0. The average molecular weight is 262 g/mol. The fourth-order valence-corrected chi connectivity index (χ4v) is 1.75. The van der Waals surface area contributed by atoms with Crippen LogP contribution >= 0.6 is 0 Å². The number of hydrogen-bond donors (Lipinski definition) is 1. The molecule has 4 nitrogen and oxygen atoms in total. The van der Waals surface area contributed by atoms with Crippen molar-refractivity contribution < 1.29 is 13.6 Å². The number of halogens is 1. The summed E-state index contributed by atoms with van der Waals surface area (Å²) in [5.74, 6) is -0.138. The zero-order chi connectivity index (χ0) is 14.0. The molecule has 5 heteroatoms. The molecule has 0 fully saturated rings. The van der Waals surface area contributed by atoms with E-state index in [0.717, 1.165) is 0 Å². The van der Waals surface area contributed by atoms with Gasteiger partial charge in [-0.25, -0.2) is 9.37 Å². The fraction of sp³-hybridized carbons (Fsp3) is 0.286. The molecule has 2 aromatic rings. The van der Waals surface area contributed by atoms with E-state index >= 15 is 0 Å². The summed E-state index contributed by atoms with van der Waals surface area (Å²) >= 11 is 0. The van der Waals surface area contributed by atoms with Crippen molar-refractivity contribution in [2.45, 2.75) is 26.7 Å². The Hall–Kier alpha value is -2.17. The molecule has 19 heavy (non-hydrogen) atoms. The van der Waals surface area contributed by atoms with Crippen molar-refractivity contribution in [3.63, 3.8) is 0 Å². The molecule has 0 atom stereocenters.